The highest BCUT2D eigenvalue weighted by Gasteiger charge is 2.39. The van der Waals surface area contributed by atoms with Crippen molar-refractivity contribution in [2.75, 3.05) is 22.9 Å². The van der Waals surface area contributed by atoms with Gasteiger partial charge in [-0.3, -0.25) is 29.5 Å². The minimum absolute atomic E-state index is 0.104. The Morgan fingerprint density at radius 3 is 2.33 bits per heavy atom. The summed E-state index contributed by atoms with van der Waals surface area (Å²) in [6.07, 6.45) is 0.549. The summed E-state index contributed by atoms with van der Waals surface area (Å²) >= 11 is 0. The van der Waals surface area contributed by atoms with Crippen LogP contribution in [0.5, 0.6) is 0 Å². The third-order valence-electron chi connectivity index (χ3n) is 5.90. The molecule has 8 nitrogen and oxygen atoms in total. The molecule has 3 aliphatic heterocycles. The molecule has 5 rings (SSSR count). The number of rotatable bonds is 3. The van der Waals surface area contributed by atoms with Gasteiger partial charge in [0.05, 0.1) is 0 Å². The van der Waals surface area contributed by atoms with E-state index in [0.29, 0.717) is 31.6 Å². The van der Waals surface area contributed by atoms with Crippen LogP contribution in [0.15, 0.2) is 48.5 Å². The Balaban J connectivity index is 1.37. The van der Waals surface area contributed by atoms with Gasteiger partial charge in [0.1, 0.15) is 6.04 Å². The van der Waals surface area contributed by atoms with Gasteiger partial charge in [-0.05, 0) is 42.3 Å². The second kappa shape index (κ2) is 6.98. The zero-order valence-electron chi connectivity index (χ0n) is 16.2. The highest BCUT2D eigenvalue weighted by atomic mass is 16.2. The lowest BCUT2D eigenvalue weighted by Crippen LogP contribution is -2.52. The van der Waals surface area contributed by atoms with E-state index in [-0.39, 0.29) is 24.3 Å². The van der Waals surface area contributed by atoms with Crippen LogP contribution in [0.1, 0.15) is 28.8 Å². The van der Waals surface area contributed by atoms with Crippen molar-refractivity contribution in [1.82, 2.24) is 10.2 Å². The van der Waals surface area contributed by atoms with Crippen molar-refractivity contribution < 1.29 is 19.2 Å². The van der Waals surface area contributed by atoms with Crippen molar-refractivity contribution in [2.24, 2.45) is 0 Å². The molecule has 3 heterocycles. The SMILES string of the molecule is O=C1CCC(N2Cc3cc(N4CCN(c5ccccc5)C4=O)ccc3C2=O)C(=O)N1. The topological polar surface area (TPSA) is 90.0 Å². The Labute approximate surface area is 173 Å². The summed E-state index contributed by atoms with van der Waals surface area (Å²) in [7, 11) is 0. The molecule has 5 amide bonds. The number of hydrogen-bond donors (Lipinski definition) is 1. The number of urea groups is 1. The molecule has 1 atom stereocenters. The smallest absolute Gasteiger partial charge is 0.322 e. The number of amides is 5. The lowest BCUT2D eigenvalue weighted by molar-refractivity contribution is -0.136. The molecule has 0 radical (unpaired) electrons. The van der Waals surface area contributed by atoms with Crippen LogP contribution in [0.4, 0.5) is 16.2 Å². The van der Waals surface area contributed by atoms with E-state index in [9.17, 15) is 19.2 Å². The zero-order valence-corrected chi connectivity index (χ0v) is 16.2. The number of hydrogen-bond acceptors (Lipinski definition) is 4. The number of para-hydroxylation sites is 1. The summed E-state index contributed by atoms with van der Waals surface area (Å²) in [5.41, 5.74) is 2.91. The molecule has 0 spiro atoms. The number of nitrogens with zero attached hydrogens (tertiary/aromatic N) is 3. The van der Waals surface area contributed by atoms with Crippen LogP contribution in [-0.2, 0) is 16.1 Å². The zero-order chi connectivity index (χ0) is 20.8. The van der Waals surface area contributed by atoms with Crippen LogP contribution in [0.2, 0.25) is 0 Å². The first-order chi connectivity index (χ1) is 14.5. The third kappa shape index (κ3) is 2.92. The molecule has 1 N–H and O–H groups in total. The molecular formula is C22H20N4O4. The first kappa shape index (κ1) is 18.4. The molecule has 1 unspecified atom stereocenters. The van der Waals surface area contributed by atoms with E-state index in [1.165, 1.54) is 4.90 Å². The number of nitrogens with one attached hydrogen (secondary N) is 1. The molecule has 8 heteroatoms. The summed E-state index contributed by atoms with van der Waals surface area (Å²) < 4.78 is 0. The average Bonchev–Trinajstić information content (AvgIpc) is 3.28. The van der Waals surface area contributed by atoms with Crippen LogP contribution >= 0.6 is 0 Å². The van der Waals surface area contributed by atoms with Crippen molar-refractivity contribution in [3.63, 3.8) is 0 Å². The second-order valence-electron chi connectivity index (χ2n) is 7.66. The van der Waals surface area contributed by atoms with E-state index < -0.39 is 11.9 Å². The Hall–Kier alpha value is -3.68. The fraction of sp³-hybridized carbons (Fsp3) is 0.273. The first-order valence-electron chi connectivity index (χ1n) is 9.94. The van der Waals surface area contributed by atoms with Gasteiger partial charge in [0.2, 0.25) is 11.8 Å². The number of piperidine rings is 1. The van der Waals surface area contributed by atoms with Crippen molar-refractivity contribution in [3.8, 4) is 0 Å². The summed E-state index contributed by atoms with van der Waals surface area (Å²) in [4.78, 5) is 54.3. The predicted molar refractivity (Wildman–Crippen MR) is 109 cm³/mol. The third-order valence-corrected chi connectivity index (χ3v) is 5.90. The van der Waals surface area contributed by atoms with Crippen molar-refractivity contribution in [2.45, 2.75) is 25.4 Å². The summed E-state index contributed by atoms with van der Waals surface area (Å²) in [6.45, 7) is 1.43. The van der Waals surface area contributed by atoms with Crippen LogP contribution in [0.3, 0.4) is 0 Å². The van der Waals surface area contributed by atoms with Gasteiger partial charge in [-0.2, -0.15) is 0 Å². The largest absolute Gasteiger partial charge is 0.329 e. The molecule has 2 aromatic carbocycles. The Morgan fingerprint density at radius 1 is 0.867 bits per heavy atom. The summed E-state index contributed by atoms with van der Waals surface area (Å²) in [5, 5.41) is 2.31. The average molecular weight is 404 g/mol. The van der Waals surface area contributed by atoms with Gasteiger partial charge in [-0.15, -0.1) is 0 Å². The molecule has 0 bridgehead atoms. The molecule has 152 valence electrons. The Kier molecular flexibility index (Phi) is 4.27. The molecule has 0 aliphatic carbocycles. The highest BCUT2D eigenvalue weighted by molar-refractivity contribution is 6.08. The number of imide groups is 1. The maximum Gasteiger partial charge on any atom is 0.329 e. The quantitative estimate of drug-likeness (QED) is 0.791. The summed E-state index contributed by atoms with van der Waals surface area (Å²) in [6, 6.07) is 14.1. The molecule has 2 aromatic rings. The first-order valence-corrected chi connectivity index (χ1v) is 9.94. The van der Waals surface area contributed by atoms with Crippen LogP contribution in [0, 0.1) is 0 Å². The number of benzene rings is 2. The van der Waals surface area contributed by atoms with E-state index in [1.807, 2.05) is 36.4 Å². The lowest BCUT2D eigenvalue weighted by atomic mass is 10.0. The number of carbonyl (C=O) groups is 4. The van der Waals surface area contributed by atoms with E-state index in [0.717, 1.165) is 16.9 Å². The van der Waals surface area contributed by atoms with Gasteiger partial charge in [0.25, 0.3) is 5.91 Å². The van der Waals surface area contributed by atoms with Gasteiger partial charge in [-0.25, -0.2) is 4.79 Å². The minimum Gasteiger partial charge on any atom is -0.322 e. The predicted octanol–water partition coefficient (Wildman–Crippen LogP) is 1.89. The fourth-order valence-electron chi connectivity index (χ4n) is 4.35. The number of fused-ring (bicyclic) bond motifs is 1. The van der Waals surface area contributed by atoms with Gasteiger partial charge < -0.3 is 4.90 Å². The van der Waals surface area contributed by atoms with Gasteiger partial charge in [-0.1, -0.05) is 18.2 Å². The minimum atomic E-state index is -0.645. The second-order valence-corrected chi connectivity index (χ2v) is 7.66. The van der Waals surface area contributed by atoms with E-state index in [1.54, 1.807) is 21.9 Å². The Bertz CT molecular complexity index is 1070. The molecule has 0 aromatic heterocycles. The fourth-order valence-corrected chi connectivity index (χ4v) is 4.35. The van der Waals surface area contributed by atoms with Gasteiger partial charge in [0.15, 0.2) is 0 Å². The number of carbonyl (C=O) groups excluding carboxylic acids is 4. The van der Waals surface area contributed by atoms with Crippen molar-refractivity contribution >= 4 is 35.1 Å². The standard InChI is InChI=1S/C22H20N4O4/c27-19-9-8-18(20(28)23-19)26-13-14-12-16(6-7-17(14)21(26)29)25-11-10-24(22(25)30)15-4-2-1-3-5-15/h1-7,12,18H,8-11,13H2,(H,23,27,28). The molecule has 2 fully saturated rings. The maximum atomic E-state index is 12.9. The van der Waals surface area contributed by atoms with E-state index in [4.69, 9.17) is 0 Å². The van der Waals surface area contributed by atoms with Crippen LogP contribution in [0.25, 0.3) is 0 Å². The summed E-state index contributed by atoms with van der Waals surface area (Å²) in [5.74, 6) is -0.955. The molecule has 0 saturated carbocycles. The lowest BCUT2D eigenvalue weighted by Gasteiger charge is -2.29. The highest BCUT2D eigenvalue weighted by Crippen LogP contribution is 2.32. The van der Waals surface area contributed by atoms with Crippen molar-refractivity contribution in [1.29, 1.82) is 0 Å². The van der Waals surface area contributed by atoms with Gasteiger partial charge >= 0.3 is 6.03 Å². The maximum absolute atomic E-state index is 12.9. The molecular weight excluding hydrogens is 384 g/mol. The van der Waals surface area contributed by atoms with Crippen LogP contribution < -0.4 is 15.1 Å². The van der Waals surface area contributed by atoms with Crippen LogP contribution in [-0.4, -0.2) is 47.8 Å². The molecule has 30 heavy (non-hydrogen) atoms. The Morgan fingerprint density at radius 2 is 1.60 bits per heavy atom. The van der Waals surface area contributed by atoms with E-state index >= 15 is 0 Å². The van der Waals surface area contributed by atoms with E-state index in [2.05, 4.69) is 5.32 Å². The monoisotopic (exact) mass is 404 g/mol. The normalized spacial score (nSPS) is 21.3. The molecule has 3 aliphatic rings. The molecule has 2 saturated heterocycles. The van der Waals surface area contributed by atoms with Crippen molar-refractivity contribution in [3.05, 3.63) is 59.7 Å². The van der Waals surface area contributed by atoms with Gasteiger partial charge in [0, 0.05) is 43.0 Å². The number of anilines is 2.